The Hall–Kier alpha value is -2.37. The van der Waals surface area contributed by atoms with E-state index in [2.05, 4.69) is 6.92 Å². The zero-order valence-corrected chi connectivity index (χ0v) is 14.5. The SMILES string of the molecule is CCc1ccc(C(=O)N2CCN3C(=O)[C@H]4CCCN4C(=O)[C@H]3C2)cc1. The van der Waals surface area contributed by atoms with Crippen molar-refractivity contribution in [3.63, 3.8) is 0 Å². The van der Waals surface area contributed by atoms with Gasteiger partial charge in [0.1, 0.15) is 12.1 Å². The quantitative estimate of drug-likeness (QED) is 0.803. The molecule has 0 aromatic heterocycles. The van der Waals surface area contributed by atoms with Crippen LogP contribution >= 0.6 is 0 Å². The molecule has 2 atom stereocenters. The molecule has 0 spiro atoms. The second kappa shape index (κ2) is 6.17. The number of nitrogens with zero attached hydrogens (tertiary/aromatic N) is 3. The van der Waals surface area contributed by atoms with Crippen molar-refractivity contribution in [2.45, 2.75) is 38.3 Å². The Morgan fingerprint density at radius 2 is 1.68 bits per heavy atom. The maximum atomic E-state index is 12.8. The van der Waals surface area contributed by atoms with Crippen LogP contribution in [0.4, 0.5) is 0 Å². The predicted octanol–water partition coefficient (Wildman–Crippen LogP) is 0.907. The predicted molar refractivity (Wildman–Crippen MR) is 92.0 cm³/mol. The van der Waals surface area contributed by atoms with Gasteiger partial charge in [0.05, 0.1) is 6.54 Å². The number of carbonyl (C=O) groups excluding carboxylic acids is 3. The largest absolute Gasteiger partial charge is 0.334 e. The number of amides is 3. The van der Waals surface area contributed by atoms with Gasteiger partial charge >= 0.3 is 0 Å². The molecular formula is C19H23N3O3. The maximum Gasteiger partial charge on any atom is 0.253 e. The maximum absolute atomic E-state index is 12.8. The van der Waals surface area contributed by atoms with Crippen LogP contribution in [0, 0.1) is 0 Å². The highest BCUT2D eigenvalue weighted by Crippen LogP contribution is 2.29. The number of fused-ring (bicyclic) bond motifs is 2. The molecule has 6 heteroatoms. The Kier molecular flexibility index (Phi) is 3.98. The molecule has 25 heavy (non-hydrogen) atoms. The molecule has 0 aliphatic carbocycles. The van der Waals surface area contributed by atoms with Gasteiger partial charge in [-0.25, -0.2) is 0 Å². The average Bonchev–Trinajstić information content (AvgIpc) is 3.15. The second-order valence-electron chi connectivity index (χ2n) is 7.04. The van der Waals surface area contributed by atoms with Crippen molar-refractivity contribution < 1.29 is 14.4 Å². The Morgan fingerprint density at radius 1 is 1.00 bits per heavy atom. The van der Waals surface area contributed by atoms with Crippen molar-refractivity contribution >= 4 is 17.7 Å². The average molecular weight is 341 g/mol. The molecule has 4 rings (SSSR count). The van der Waals surface area contributed by atoms with Crippen molar-refractivity contribution in [1.29, 1.82) is 0 Å². The topological polar surface area (TPSA) is 60.9 Å². The standard InChI is InChI=1S/C19H23N3O3/c1-2-13-5-7-14(8-6-13)17(23)20-10-11-22-16(12-20)19(25)21-9-3-4-15(21)18(22)24/h5-8,15-16H,2-4,9-12H2,1H3/t15-,16-/m1/s1. The number of hydrogen-bond acceptors (Lipinski definition) is 3. The van der Waals surface area contributed by atoms with Gasteiger partial charge in [-0.2, -0.15) is 0 Å². The smallest absolute Gasteiger partial charge is 0.253 e. The molecule has 0 saturated carbocycles. The molecule has 0 bridgehead atoms. The van der Waals surface area contributed by atoms with E-state index in [1.165, 1.54) is 5.56 Å². The molecule has 6 nitrogen and oxygen atoms in total. The van der Waals surface area contributed by atoms with Crippen LogP contribution in [-0.4, -0.2) is 70.7 Å². The van der Waals surface area contributed by atoms with Crippen LogP contribution in [0.15, 0.2) is 24.3 Å². The summed E-state index contributed by atoms with van der Waals surface area (Å²) >= 11 is 0. The first kappa shape index (κ1) is 16.1. The summed E-state index contributed by atoms with van der Waals surface area (Å²) in [5.74, 6) is -0.00599. The number of carbonyl (C=O) groups is 3. The van der Waals surface area contributed by atoms with Crippen LogP contribution in [0.2, 0.25) is 0 Å². The molecule has 3 saturated heterocycles. The fraction of sp³-hybridized carbons (Fsp3) is 0.526. The van der Waals surface area contributed by atoms with Crippen LogP contribution in [-0.2, 0) is 16.0 Å². The van der Waals surface area contributed by atoms with Gasteiger partial charge < -0.3 is 14.7 Å². The van der Waals surface area contributed by atoms with E-state index in [0.29, 0.717) is 31.7 Å². The Labute approximate surface area is 147 Å². The van der Waals surface area contributed by atoms with Crippen molar-refractivity contribution in [2.75, 3.05) is 26.2 Å². The number of benzene rings is 1. The first-order valence-corrected chi connectivity index (χ1v) is 9.09. The van der Waals surface area contributed by atoms with E-state index in [9.17, 15) is 14.4 Å². The Balaban J connectivity index is 1.52. The third kappa shape index (κ3) is 2.60. The van der Waals surface area contributed by atoms with E-state index in [1.54, 1.807) is 14.7 Å². The lowest BCUT2D eigenvalue weighted by Crippen LogP contribution is -2.69. The van der Waals surface area contributed by atoms with Crippen LogP contribution in [0.3, 0.4) is 0 Å². The molecule has 132 valence electrons. The van der Waals surface area contributed by atoms with Gasteiger partial charge in [0.15, 0.2) is 0 Å². The van der Waals surface area contributed by atoms with E-state index >= 15 is 0 Å². The normalized spacial score (nSPS) is 25.9. The third-order valence-corrected chi connectivity index (χ3v) is 5.67. The van der Waals surface area contributed by atoms with E-state index in [4.69, 9.17) is 0 Å². The van der Waals surface area contributed by atoms with Gasteiger partial charge in [0.2, 0.25) is 11.8 Å². The van der Waals surface area contributed by atoms with Crippen LogP contribution < -0.4 is 0 Å². The minimum absolute atomic E-state index is 0.000862. The van der Waals surface area contributed by atoms with Gasteiger partial charge in [0, 0.05) is 25.2 Å². The fourth-order valence-corrected chi connectivity index (χ4v) is 4.18. The molecule has 0 unspecified atom stereocenters. The molecule has 1 aromatic rings. The summed E-state index contributed by atoms with van der Waals surface area (Å²) in [6, 6.07) is 6.83. The van der Waals surface area contributed by atoms with E-state index in [0.717, 1.165) is 19.3 Å². The third-order valence-electron chi connectivity index (χ3n) is 5.67. The Morgan fingerprint density at radius 3 is 2.40 bits per heavy atom. The van der Waals surface area contributed by atoms with Crippen LogP contribution in [0.1, 0.15) is 35.7 Å². The molecule has 3 fully saturated rings. The highest BCUT2D eigenvalue weighted by Gasteiger charge is 2.49. The lowest BCUT2D eigenvalue weighted by atomic mass is 10.0. The summed E-state index contributed by atoms with van der Waals surface area (Å²) in [6.07, 6.45) is 2.58. The minimum atomic E-state index is -0.519. The highest BCUT2D eigenvalue weighted by molar-refractivity contribution is 5.99. The number of aryl methyl sites for hydroxylation is 1. The van der Waals surface area contributed by atoms with Gasteiger partial charge in [-0.1, -0.05) is 19.1 Å². The molecule has 3 aliphatic rings. The molecule has 0 radical (unpaired) electrons. The van der Waals surface area contributed by atoms with E-state index in [1.807, 2.05) is 24.3 Å². The minimum Gasteiger partial charge on any atom is -0.334 e. The number of hydrogen-bond donors (Lipinski definition) is 0. The second-order valence-corrected chi connectivity index (χ2v) is 7.04. The molecule has 3 aliphatic heterocycles. The van der Waals surface area contributed by atoms with Gasteiger partial charge in [-0.3, -0.25) is 14.4 Å². The zero-order chi connectivity index (χ0) is 17.6. The van der Waals surface area contributed by atoms with Crippen molar-refractivity contribution in [1.82, 2.24) is 14.7 Å². The van der Waals surface area contributed by atoms with E-state index in [-0.39, 0.29) is 23.8 Å². The fourth-order valence-electron chi connectivity index (χ4n) is 4.18. The molecule has 3 amide bonds. The van der Waals surface area contributed by atoms with Crippen LogP contribution in [0.25, 0.3) is 0 Å². The lowest BCUT2D eigenvalue weighted by Gasteiger charge is -2.47. The number of rotatable bonds is 2. The molecule has 0 N–H and O–H groups in total. The summed E-state index contributed by atoms with van der Waals surface area (Å²) < 4.78 is 0. The Bertz CT molecular complexity index is 715. The zero-order valence-electron chi connectivity index (χ0n) is 14.5. The van der Waals surface area contributed by atoms with Gasteiger partial charge in [0.25, 0.3) is 5.91 Å². The summed E-state index contributed by atoms with van der Waals surface area (Å²) in [7, 11) is 0. The molecule has 1 aromatic carbocycles. The highest BCUT2D eigenvalue weighted by atomic mass is 16.2. The van der Waals surface area contributed by atoms with Gasteiger partial charge in [-0.05, 0) is 37.0 Å². The molecule has 3 heterocycles. The monoisotopic (exact) mass is 341 g/mol. The first-order chi connectivity index (χ1) is 12.1. The van der Waals surface area contributed by atoms with Crippen molar-refractivity contribution in [3.05, 3.63) is 35.4 Å². The van der Waals surface area contributed by atoms with E-state index < -0.39 is 6.04 Å². The summed E-state index contributed by atoms with van der Waals surface area (Å²) in [5, 5.41) is 0. The van der Waals surface area contributed by atoms with Crippen LogP contribution in [0.5, 0.6) is 0 Å². The first-order valence-electron chi connectivity index (χ1n) is 9.09. The van der Waals surface area contributed by atoms with Gasteiger partial charge in [-0.15, -0.1) is 0 Å². The van der Waals surface area contributed by atoms with Crippen molar-refractivity contribution in [3.8, 4) is 0 Å². The van der Waals surface area contributed by atoms with Crippen molar-refractivity contribution in [2.24, 2.45) is 0 Å². The summed E-state index contributed by atoms with van der Waals surface area (Å²) in [6.45, 7) is 3.95. The summed E-state index contributed by atoms with van der Waals surface area (Å²) in [4.78, 5) is 43.3. The molecular weight excluding hydrogens is 318 g/mol. The lowest BCUT2D eigenvalue weighted by molar-refractivity contribution is -0.162. The summed E-state index contributed by atoms with van der Waals surface area (Å²) in [5.41, 5.74) is 1.83. The number of piperazine rings is 2.